The highest BCUT2D eigenvalue weighted by Gasteiger charge is 2.38. The molecule has 1 amide bonds. The Bertz CT molecular complexity index is 1310. The molecule has 0 radical (unpaired) electrons. The molecule has 1 aliphatic rings. The Morgan fingerprint density at radius 2 is 1.83 bits per heavy atom. The van der Waals surface area contributed by atoms with Crippen molar-refractivity contribution in [2.45, 2.75) is 43.9 Å². The molecule has 2 aromatic carbocycles. The molecule has 0 bridgehead atoms. The fourth-order valence-electron chi connectivity index (χ4n) is 4.26. The van der Waals surface area contributed by atoms with Gasteiger partial charge in [-0.3, -0.25) is 4.79 Å². The molecule has 0 saturated carbocycles. The van der Waals surface area contributed by atoms with Crippen LogP contribution >= 0.6 is 0 Å². The van der Waals surface area contributed by atoms with Crippen LogP contribution in [0.15, 0.2) is 47.4 Å². The lowest BCUT2D eigenvalue weighted by Gasteiger charge is -2.24. The maximum absolute atomic E-state index is 13.7. The van der Waals surface area contributed by atoms with Gasteiger partial charge in [0.05, 0.1) is 21.7 Å². The number of amides is 1. The number of nitrogens with zero attached hydrogens (tertiary/aromatic N) is 2. The molecule has 188 valence electrons. The minimum atomic E-state index is -4.61. The predicted octanol–water partition coefficient (Wildman–Crippen LogP) is 3.78. The standard InChI is InChI=1S/C24H27F3N4O3S/c1-2-35(33,34)19-6-3-16(4-7-19)14-29-22(32)18-5-8-21-20(13-18)30-23(24(25,26)27)31(21)15-17-9-11-28-12-10-17/h3-8,13,17,28H,2,9-12,14-15H2,1H3,(H,29,32). The van der Waals surface area contributed by atoms with E-state index in [1.807, 2.05) is 0 Å². The smallest absolute Gasteiger partial charge is 0.348 e. The van der Waals surface area contributed by atoms with Gasteiger partial charge in [0, 0.05) is 18.7 Å². The summed E-state index contributed by atoms with van der Waals surface area (Å²) in [4.78, 5) is 16.7. The third kappa shape index (κ3) is 5.67. The molecule has 1 saturated heterocycles. The van der Waals surface area contributed by atoms with Crippen molar-refractivity contribution >= 4 is 26.8 Å². The molecule has 3 aromatic rings. The number of aromatic nitrogens is 2. The number of carbonyl (C=O) groups is 1. The number of benzene rings is 2. The van der Waals surface area contributed by atoms with Crippen LogP contribution in [-0.4, -0.2) is 42.7 Å². The molecule has 0 unspecified atom stereocenters. The average Bonchev–Trinajstić information content (AvgIpc) is 3.21. The van der Waals surface area contributed by atoms with Crippen molar-refractivity contribution in [2.75, 3.05) is 18.8 Å². The number of rotatable bonds is 7. The summed E-state index contributed by atoms with van der Waals surface area (Å²) in [7, 11) is -3.31. The number of hydrogen-bond donors (Lipinski definition) is 2. The quantitative estimate of drug-likeness (QED) is 0.507. The lowest BCUT2D eigenvalue weighted by atomic mass is 9.98. The van der Waals surface area contributed by atoms with E-state index in [0.29, 0.717) is 11.1 Å². The maximum atomic E-state index is 13.7. The van der Waals surface area contributed by atoms with Crippen LogP contribution in [0.2, 0.25) is 0 Å². The maximum Gasteiger partial charge on any atom is 0.449 e. The van der Waals surface area contributed by atoms with Gasteiger partial charge in [-0.15, -0.1) is 0 Å². The van der Waals surface area contributed by atoms with E-state index in [0.717, 1.165) is 25.9 Å². The number of alkyl halides is 3. The second kappa shape index (κ2) is 9.98. The lowest BCUT2D eigenvalue weighted by Crippen LogP contribution is -2.30. The van der Waals surface area contributed by atoms with Gasteiger partial charge in [-0.05, 0) is 67.7 Å². The first-order valence-corrected chi connectivity index (χ1v) is 13.1. The van der Waals surface area contributed by atoms with E-state index in [1.165, 1.54) is 34.9 Å². The molecule has 2 heterocycles. The number of halogens is 3. The van der Waals surface area contributed by atoms with Gasteiger partial charge in [0.25, 0.3) is 5.91 Å². The van der Waals surface area contributed by atoms with E-state index in [-0.39, 0.29) is 40.7 Å². The highest BCUT2D eigenvalue weighted by Crippen LogP contribution is 2.33. The highest BCUT2D eigenvalue weighted by atomic mass is 32.2. The molecular weight excluding hydrogens is 481 g/mol. The van der Waals surface area contributed by atoms with Crippen LogP contribution in [0.3, 0.4) is 0 Å². The Morgan fingerprint density at radius 1 is 1.14 bits per heavy atom. The summed E-state index contributed by atoms with van der Waals surface area (Å²) in [5.41, 5.74) is 1.36. The third-order valence-electron chi connectivity index (χ3n) is 6.28. The van der Waals surface area contributed by atoms with Gasteiger partial charge < -0.3 is 15.2 Å². The van der Waals surface area contributed by atoms with Crippen molar-refractivity contribution in [3.8, 4) is 0 Å². The Hall–Kier alpha value is -2.92. The van der Waals surface area contributed by atoms with E-state index in [4.69, 9.17) is 0 Å². The molecule has 1 fully saturated rings. The molecule has 1 aromatic heterocycles. The van der Waals surface area contributed by atoms with Crippen molar-refractivity contribution in [3.63, 3.8) is 0 Å². The Labute approximate surface area is 201 Å². The van der Waals surface area contributed by atoms with Gasteiger partial charge in [0.15, 0.2) is 9.84 Å². The second-order valence-electron chi connectivity index (χ2n) is 8.67. The zero-order valence-corrected chi connectivity index (χ0v) is 20.0. The zero-order chi connectivity index (χ0) is 25.2. The number of hydrogen-bond acceptors (Lipinski definition) is 5. The number of sulfone groups is 1. The minimum absolute atomic E-state index is 0.00472. The molecule has 7 nitrogen and oxygen atoms in total. The largest absolute Gasteiger partial charge is 0.449 e. The Morgan fingerprint density at radius 3 is 2.46 bits per heavy atom. The number of fused-ring (bicyclic) bond motifs is 1. The van der Waals surface area contributed by atoms with Crippen LogP contribution in [0, 0.1) is 5.92 Å². The summed E-state index contributed by atoms with van der Waals surface area (Å²) in [6.07, 6.45) is -3.02. The van der Waals surface area contributed by atoms with Crippen LogP contribution in [0.5, 0.6) is 0 Å². The van der Waals surface area contributed by atoms with Gasteiger partial charge >= 0.3 is 6.18 Å². The summed E-state index contributed by atoms with van der Waals surface area (Å²) in [6, 6.07) is 10.6. The molecule has 2 N–H and O–H groups in total. The van der Waals surface area contributed by atoms with Gasteiger partial charge in [-0.2, -0.15) is 13.2 Å². The number of imidazole rings is 1. The summed E-state index contributed by atoms with van der Waals surface area (Å²) < 4.78 is 66.2. The summed E-state index contributed by atoms with van der Waals surface area (Å²) in [5, 5.41) is 5.93. The molecule has 0 atom stereocenters. The van der Waals surface area contributed by atoms with Crippen LogP contribution in [0.4, 0.5) is 13.2 Å². The van der Waals surface area contributed by atoms with Crippen LogP contribution in [0.1, 0.15) is 41.5 Å². The van der Waals surface area contributed by atoms with E-state index < -0.39 is 27.7 Å². The summed E-state index contributed by atoms with van der Waals surface area (Å²) in [6.45, 7) is 3.48. The van der Waals surface area contributed by atoms with Gasteiger partial charge in [-0.1, -0.05) is 19.1 Å². The van der Waals surface area contributed by atoms with Crippen LogP contribution in [-0.2, 0) is 29.1 Å². The molecule has 0 aliphatic carbocycles. The van der Waals surface area contributed by atoms with E-state index >= 15 is 0 Å². The van der Waals surface area contributed by atoms with E-state index in [2.05, 4.69) is 15.6 Å². The first-order valence-electron chi connectivity index (χ1n) is 11.5. The SMILES string of the molecule is CCS(=O)(=O)c1ccc(CNC(=O)c2ccc3c(c2)nc(C(F)(F)F)n3CC2CCNCC2)cc1. The third-order valence-corrected chi connectivity index (χ3v) is 8.03. The lowest BCUT2D eigenvalue weighted by molar-refractivity contribution is -0.147. The zero-order valence-electron chi connectivity index (χ0n) is 19.2. The summed E-state index contributed by atoms with van der Waals surface area (Å²) >= 11 is 0. The van der Waals surface area contributed by atoms with Gasteiger partial charge in [0.1, 0.15) is 0 Å². The highest BCUT2D eigenvalue weighted by molar-refractivity contribution is 7.91. The van der Waals surface area contributed by atoms with E-state index in [1.54, 1.807) is 19.1 Å². The average molecular weight is 509 g/mol. The van der Waals surface area contributed by atoms with Crippen LogP contribution < -0.4 is 10.6 Å². The second-order valence-corrected chi connectivity index (χ2v) is 10.9. The Balaban J connectivity index is 1.52. The van der Waals surface area contributed by atoms with Crippen molar-refractivity contribution in [3.05, 3.63) is 59.4 Å². The first kappa shape index (κ1) is 25.2. The molecule has 1 aliphatic heterocycles. The minimum Gasteiger partial charge on any atom is -0.348 e. The normalized spacial score (nSPS) is 15.4. The molecule has 35 heavy (non-hydrogen) atoms. The van der Waals surface area contributed by atoms with Crippen molar-refractivity contribution < 1.29 is 26.4 Å². The van der Waals surface area contributed by atoms with Crippen LogP contribution in [0.25, 0.3) is 11.0 Å². The molecule has 4 rings (SSSR count). The molecule has 11 heteroatoms. The topological polar surface area (TPSA) is 93.1 Å². The van der Waals surface area contributed by atoms with Crippen molar-refractivity contribution in [1.29, 1.82) is 0 Å². The fraction of sp³-hybridized carbons (Fsp3) is 0.417. The van der Waals surface area contributed by atoms with Crippen molar-refractivity contribution in [2.24, 2.45) is 5.92 Å². The molecular formula is C24H27F3N4O3S. The predicted molar refractivity (Wildman–Crippen MR) is 126 cm³/mol. The fourth-order valence-corrected chi connectivity index (χ4v) is 5.14. The van der Waals surface area contributed by atoms with Gasteiger partial charge in [-0.25, -0.2) is 13.4 Å². The first-order chi connectivity index (χ1) is 16.6. The monoisotopic (exact) mass is 508 g/mol. The summed E-state index contributed by atoms with van der Waals surface area (Å²) in [5.74, 6) is -1.30. The molecule has 0 spiro atoms. The Kier molecular flexibility index (Phi) is 7.18. The van der Waals surface area contributed by atoms with Gasteiger partial charge in [0.2, 0.25) is 5.82 Å². The number of carbonyl (C=O) groups excluding carboxylic acids is 1. The van der Waals surface area contributed by atoms with E-state index in [9.17, 15) is 26.4 Å². The van der Waals surface area contributed by atoms with Crippen molar-refractivity contribution in [1.82, 2.24) is 20.2 Å². The number of piperidine rings is 1. The number of nitrogens with one attached hydrogen (secondary N) is 2.